The maximum absolute atomic E-state index is 11.2. The molecule has 0 saturated carbocycles. The highest BCUT2D eigenvalue weighted by molar-refractivity contribution is 5.49. The van der Waals surface area contributed by atoms with Crippen LogP contribution in [0.5, 0.6) is 0 Å². The number of anilines is 1. The third kappa shape index (κ3) is 3.37. The van der Waals surface area contributed by atoms with Crippen molar-refractivity contribution in [2.75, 3.05) is 31.2 Å². The van der Waals surface area contributed by atoms with Crippen LogP contribution < -0.4 is 4.90 Å². The van der Waals surface area contributed by atoms with Gasteiger partial charge in [0.1, 0.15) is 0 Å². The van der Waals surface area contributed by atoms with Crippen molar-refractivity contribution in [1.29, 1.82) is 0 Å². The molecule has 0 radical (unpaired) electrons. The first-order chi connectivity index (χ1) is 11.6. The van der Waals surface area contributed by atoms with Gasteiger partial charge in [0.2, 0.25) is 0 Å². The minimum Gasteiger partial charge on any atom is -0.384 e. The average molecular weight is 323 g/mol. The molecule has 24 heavy (non-hydrogen) atoms. The van der Waals surface area contributed by atoms with E-state index in [4.69, 9.17) is 4.74 Å². The van der Waals surface area contributed by atoms with Gasteiger partial charge in [0.15, 0.2) is 0 Å². The fraction of sp³-hybridized carbons (Fsp3) is 0.333. The first-order valence-electron chi connectivity index (χ1n) is 8.46. The summed E-state index contributed by atoms with van der Waals surface area (Å²) >= 11 is 0. The molecule has 1 fully saturated rings. The zero-order chi connectivity index (χ0) is 17.0. The highest BCUT2D eigenvalue weighted by atomic mass is 16.5. The van der Waals surface area contributed by atoms with Crippen LogP contribution in [-0.4, -0.2) is 31.4 Å². The Balaban J connectivity index is 1.84. The van der Waals surface area contributed by atoms with Gasteiger partial charge >= 0.3 is 0 Å². The maximum atomic E-state index is 11.2. The number of morpholine rings is 1. The Kier molecular flexibility index (Phi) is 5.03. The van der Waals surface area contributed by atoms with Crippen LogP contribution in [0.4, 0.5) is 5.69 Å². The Morgan fingerprint density at radius 3 is 2.29 bits per heavy atom. The van der Waals surface area contributed by atoms with Crippen LogP contribution in [0, 0.1) is 0 Å². The molecule has 2 aromatic carbocycles. The Labute approximate surface area is 144 Å². The second-order valence-electron chi connectivity index (χ2n) is 6.42. The van der Waals surface area contributed by atoms with E-state index in [1.165, 1.54) is 5.69 Å². The van der Waals surface area contributed by atoms with Gasteiger partial charge in [0.05, 0.1) is 18.8 Å². The van der Waals surface area contributed by atoms with Crippen LogP contribution in [0.25, 0.3) is 0 Å². The summed E-state index contributed by atoms with van der Waals surface area (Å²) in [5, 5.41) is 11.2. The summed E-state index contributed by atoms with van der Waals surface area (Å²) in [4.78, 5) is 2.31. The first-order valence-corrected chi connectivity index (χ1v) is 8.46. The van der Waals surface area contributed by atoms with Gasteiger partial charge in [-0.15, -0.1) is 6.58 Å². The molecular weight excluding hydrogens is 298 g/mol. The van der Waals surface area contributed by atoms with Crippen molar-refractivity contribution in [1.82, 2.24) is 0 Å². The summed E-state index contributed by atoms with van der Waals surface area (Å²) in [6, 6.07) is 18.2. The normalized spacial score (nSPS) is 18.7. The molecule has 0 aromatic heterocycles. The highest BCUT2D eigenvalue weighted by Gasteiger charge is 2.32. The Morgan fingerprint density at radius 1 is 1.08 bits per heavy atom. The van der Waals surface area contributed by atoms with E-state index in [0.29, 0.717) is 0 Å². The summed E-state index contributed by atoms with van der Waals surface area (Å²) in [6.07, 6.45) is 1.82. The predicted molar refractivity (Wildman–Crippen MR) is 98.4 cm³/mol. The molecule has 1 heterocycles. The number of benzene rings is 2. The number of hydrogen-bond acceptors (Lipinski definition) is 3. The quantitative estimate of drug-likeness (QED) is 0.852. The molecule has 1 saturated heterocycles. The monoisotopic (exact) mass is 323 g/mol. The molecule has 0 unspecified atom stereocenters. The topological polar surface area (TPSA) is 32.7 Å². The van der Waals surface area contributed by atoms with Crippen LogP contribution in [0.1, 0.15) is 24.0 Å². The third-order valence-electron chi connectivity index (χ3n) is 4.83. The second-order valence-corrected chi connectivity index (χ2v) is 6.42. The molecule has 2 aromatic rings. The van der Waals surface area contributed by atoms with E-state index in [0.717, 1.165) is 37.4 Å². The van der Waals surface area contributed by atoms with Gasteiger partial charge in [0, 0.05) is 24.7 Å². The number of hydrogen-bond donors (Lipinski definition) is 1. The standard InChI is InChI=1S/C21H25NO2/c1-3-20(17-7-5-4-6-8-17)21(2,23)18-9-11-19(12-10-18)22-13-15-24-16-14-22/h3-12,20,23H,1,13-16H2,2H3/t20-,21+/m1/s1. The lowest BCUT2D eigenvalue weighted by atomic mass is 9.78. The van der Waals surface area contributed by atoms with Gasteiger partial charge in [-0.3, -0.25) is 0 Å². The van der Waals surface area contributed by atoms with Crippen LogP contribution in [0.2, 0.25) is 0 Å². The van der Waals surface area contributed by atoms with Crippen molar-refractivity contribution in [3.8, 4) is 0 Å². The maximum Gasteiger partial charge on any atom is 0.0971 e. The Bertz CT molecular complexity index is 658. The van der Waals surface area contributed by atoms with Gasteiger partial charge in [-0.25, -0.2) is 0 Å². The zero-order valence-electron chi connectivity index (χ0n) is 14.2. The molecule has 3 rings (SSSR count). The number of aliphatic hydroxyl groups is 1. The second kappa shape index (κ2) is 7.20. The van der Waals surface area contributed by atoms with E-state index in [-0.39, 0.29) is 5.92 Å². The molecular formula is C21H25NO2. The molecule has 0 spiro atoms. The summed E-state index contributed by atoms with van der Waals surface area (Å²) in [6.45, 7) is 9.16. The minimum atomic E-state index is -1.01. The molecule has 0 bridgehead atoms. The van der Waals surface area contributed by atoms with Gasteiger partial charge in [-0.2, -0.15) is 0 Å². The summed E-state index contributed by atoms with van der Waals surface area (Å²) < 4.78 is 5.40. The smallest absolute Gasteiger partial charge is 0.0971 e. The molecule has 0 amide bonds. The van der Waals surface area contributed by atoms with Crippen LogP contribution in [-0.2, 0) is 10.3 Å². The van der Waals surface area contributed by atoms with Gasteiger partial charge < -0.3 is 14.7 Å². The Hall–Kier alpha value is -2.10. The average Bonchev–Trinajstić information content (AvgIpc) is 2.64. The van der Waals surface area contributed by atoms with Crippen molar-refractivity contribution in [3.63, 3.8) is 0 Å². The van der Waals surface area contributed by atoms with Crippen molar-refractivity contribution in [2.45, 2.75) is 18.4 Å². The van der Waals surface area contributed by atoms with Gasteiger partial charge in [0.25, 0.3) is 0 Å². The molecule has 126 valence electrons. The van der Waals surface area contributed by atoms with Crippen molar-refractivity contribution >= 4 is 5.69 Å². The van der Waals surface area contributed by atoms with Crippen LogP contribution >= 0.6 is 0 Å². The molecule has 1 aliphatic rings. The van der Waals surface area contributed by atoms with Gasteiger partial charge in [-0.1, -0.05) is 48.5 Å². The lowest BCUT2D eigenvalue weighted by Gasteiger charge is -2.33. The summed E-state index contributed by atoms with van der Waals surface area (Å²) in [5.74, 6) is -0.159. The molecule has 3 nitrogen and oxygen atoms in total. The van der Waals surface area contributed by atoms with E-state index in [9.17, 15) is 5.11 Å². The molecule has 2 atom stereocenters. The summed E-state index contributed by atoms with van der Waals surface area (Å²) in [7, 11) is 0. The fourth-order valence-corrected chi connectivity index (χ4v) is 3.36. The number of ether oxygens (including phenoxy) is 1. The number of nitrogens with zero attached hydrogens (tertiary/aromatic N) is 1. The minimum absolute atomic E-state index is 0.159. The third-order valence-corrected chi connectivity index (χ3v) is 4.83. The molecule has 1 aliphatic heterocycles. The molecule has 3 heteroatoms. The van der Waals surface area contributed by atoms with Crippen LogP contribution in [0.3, 0.4) is 0 Å². The Morgan fingerprint density at radius 2 is 1.71 bits per heavy atom. The van der Waals surface area contributed by atoms with E-state index < -0.39 is 5.60 Å². The summed E-state index contributed by atoms with van der Waals surface area (Å²) in [5.41, 5.74) is 2.13. The predicted octanol–water partition coefficient (Wildman–Crippen LogP) is 3.70. The highest BCUT2D eigenvalue weighted by Crippen LogP contribution is 2.38. The molecule has 0 aliphatic carbocycles. The largest absolute Gasteiger partial charge is 0.384 e. The van der Waals surface area contributed by atoms with E-state index in [2.05, 4.69) is 23.6 Å². The van der Waals surface area contributed by atoms with E-state index in [1.807, 2.05) is 55.5 Å². The van der Waals surface area contributed by atoms with Gasteiger partial charge in [-0.05, 0) is 30.2 Å². The number of rotatable bonds is 5. The van der Waals surface area contributed by atoms with E-state index >= 15 is 0 Å². The molecule has 1 N–H and O–H groups in total. The van der Waals surface area contributed by atoms with Crippen LogP contribution in [0.15, 0.2) is 67.3 Å². The zero-order valence-corrected chi connectivity index (χ0v) is 14.2. The van der Waals surface area contributed by atoms with E-state index in [1.54, 1.807) is 0 Å². The SMILES string of the molecule is C=C[C@H](c1ccccc1)[C@@](C)(O)c1ccc(N2CCOCC2)cc1. The first kappa shape index (κ1) is 16.7. The van der Waals surface area contributed by atoms with Crippen molar-refractivity contribution in [3.05, 3.63) is 78.4 Å². The van der Waals surface area contributed by atoms with Crippen molar-refractivity contribution < 1.29 is 9.84 Å². The van der Waals surface area contributed by atoms with Crippen molar-refractivity contribution in [2.24, 2.45) is 0 Å². The fourth-order valence-electron chi connectivity index (χ4n) is 3.36. The lowest BCUT2D eigenvalue weighted by molar-refractivity contribution is 0.0417. The lowest BCUT2D eigenvalue weighted by Crippen LogP contribution is -2.36.